The van der Waals surface area contributed by atoms with Crippen molar-refractivity contribution in [2.45, 2.75) is 32.6 Å². The van der Waals surface area contributed by atoms with Gasteiger partial charge in [0.15, 0.2) is 0 Å². The molecule has 34 heavy (non-hydrogen) atoms. The first-order valence-electron chi connectivity index (χ1n) is 11.2. The first kappa shape index (κ1) is 23.0. The van der Waals surface area contributed by atoms with Crippen LogP contribution in [0.1, 0.15) is 40.7 Å². The number of anilines is 2. The molecule has 8 heteroatoms. The number of rotatable bonds is 5. The summed E-state index contributed by atoms with van der Waals surface area (Å²) in [5.41, 5.74) is 12.0. The molecule has 0 bridgehead atoms. The fraction of sp³-hybridized carbons (Fsp3) is 0.231. The second kappa shape index (κ2) is 9.45. The van der Waals surface area contributed by atoms with Gasteiger partial charge in [-0.15, -0.1) is 11.3 Å². The molecule has 0 spiro atoms. The minimum absolute atomic E-state index is 0.311. The third-order valence-electron chi connectivity index (χ3n) is 5.93. The maximum absolute atomic E-state index is 13.2. The number of aryl methyl sites for hydroxylation is 1. The number of nitrogen functional groups attached to an aromatic ring is 1. The van der Waals surface area contributed by atoms with Gasteiger partial charge in [0, 0.05) is 26.8 Å². The number of fused-ring (bicyclic) bond motifs is 2. The van der Waals surface area contributed by atoms with Crippen LogP contribution in [0, 0.1) is 0 Å². The first-order valence-corrected chi connectivity index (χ1v) is 12.8. The number of nitrogens with zero attached hydrogens (tertiary/aromatic N) is 1. The monoisotopic (exact) mass is 511 g/mol. The zero-order valence-corrected chi connectivity index (χ0v) is 20.9. The van der Waals surface area contributed by atoms with E-state index < -0.39 is 0 Å². The number of carbonyl (C=O) groups excluding carboxylic acids is 1. The van der Waals surface area contributed by atoms with Gasteiger partial charge in [-0.3, -0.25) is 4.79 Å². The van der Waals surface area contributed by atoms with Crippen molar-refractivity contribution in [1.29, 1.82) is 0 Å². The van der Waals surface area contributed by atoms with E-state index in [0.717, 1.165) is 58.5 Å². The molecule has 0 aliphatic heterocycles. The molecular weight excluding hydrogens is 489 g/mol. The highest BCUT2D eigenvalue weighted by atomic mass is 35.5. The molecule has 2 heterocycles. The molecular formula is C26H23Cl2N3O2S. The summed E-state index contributed by atoms with van der Waals surface area (Å²) in [5.74, 6) is 0.512. The van der Waals surface area contributed by atoms with Gasteiger partial charge in [-0.1, -0.05) is 35.3 Å². The summed E-state index contributed by atoms with van der Waals surface area (Å²) in [6.07, 6.45) is 4.09. The Kier molecular flexibility index (Phi) is 6.38. The number of nitrogens with two attached hydrogens (primary N) is 1. The largest absolute Gasteiger partial charge is 0.494 e. The van der Waals surface area contributed by atoms with E-state index >= 15 is 0 Å². The van der Waals surface area contributed by atoms with E-state index in [1.807, 2.05) is 19.1 Å². The molecule has 5 nitrogen and oxygen atoms in total. The number of carbonyl (C=O) groups is 1. The number of halogens is 2. The van der Waals surface area contributed by atoms with Crippen molar-refractivity contribution in [1.82, 2.24) is 4.98 Å². The van der Waals surface area contributed by atoms with Crippen LogP contribution in [0.3, 0.4) is 0 Å². The van der Waals surface area contributed by atoms with Crippen LogP contribution >= 0.6 is 34.5 Å². The molecule has 2 aromatic carbocycles. The third-order valence-corrected chi connectivity index (χ3v) is 7.47. The zero-order chi connectivity index (χ0) is 23.8. The number of nitrogens with one attached hydrogen (secondary N) is 1. The Morgan fingerprint density at radius 3 is 2.53 bits per heavy atom. The van der Waals surface area contributed by atoms with Gasteiger partial charge in [0.05, 0.1) is 12.3 Å². The average molecular weight is 512 g/mol. The standard InChI is InChI=1S/C26H23Cl2N3O2S/c1-2-33-18-9-7-14(8-10-18)21-19-5-3-4-6-20(19)31-26-22(21)23(29)24(34-26)25(32)30-17-12-15(27)11-16(28)13-17/h7-13H,2-6,29H2,1H3,(H,30,32). The Labute approximate surface area is 211 Å². The quantitative estimate of drug-likeness (QED) is 0.293. The lowest BCUT2D eigenvalue weighted by molar-refractivity contribution is 0.103. The van der Waals surface area contributed by atoms with Crippen molar-refractivity contribution < 1.29 is 9.53 Å². The molecule has 1 aliphatic rings. The van der Waals surface area contributed by atoms with Crippen molar-refractivity contribution in [2.75, 3.05) is 17.7 Å². The highest BCUT2D eigenvalue weighted by Gasteiger charge is 2.26. The summed E-state index contributed by atoms with van der Waals surface area (Å²) in [7, 11) is 0. The SMILES string of the molecule is CCOc1ccc(-c2c3c(nc4sc(C(=O)Nc5cc(Cl)cc(Cl)c5)c(N)c24)CCCC3)cc1. The van der Waals surface area contributed by atoms with Gasteiger partial charge in [-0.05, 0) is 79.6 Å². The predicted octanol–water partition coefficient (Wildman–Crippen LogP) is 7.38. The van der Waals surface area contributed by atoms with E-state index in [9.17, 15) is 4.79 Å². The van der Waals surface area contributed by atoms with Crippen LogP contribution in [0.2, 0.25) is 10.0 Å². The molecule has 174 valence electrons. The molecule has 0 radical (unpaired) electrons. The number of aromatic nitrogens is 1. The van der Waals surface area contributed by atoms with Gasteiger partial charge < -0.3 is 15.8 Å². The lowest BCUT2D eigenvalue weighted by Gasteiger charge is -2.20. The smallest absolute Gasteiger partial charge is 0.267 e. The molecule has 3 N–H and O–H groups in total. The summed E-state index contributed by atoms with van der Waals surface area (Å²) in [4.78, 5) is 19.3. The van der Waals surface area contributed by atoms with Gasteiger partial charge in [0.1, 0.15) is 15.5 Å². The second-order valence-corrected chi connectivity index (χ2v) is 10.1. The van der Waals surface area contributed by atoms with Crippen molar-refractivity contribution in [3.63, 3.8) is 0 Å². The maximum Gasteiger partial charge on any atom is 0.267 e. The molecule has 5 rings (SSSR count). The number of amides is 1. The molecule has 1 amide bonds. The number of hydrogen-bond donors (Lipinski definition) is 2. The molecule has 1 aliphatic carbocycles. The van der Waals surface area contributed by atoms with E-state index in [1.165, 1.54) is 16.9 Å². The minimum atomic E-state index is -0.311. The zero-order valence-electron chi connectivity index (χ0n) is 18.6. The van der Waals surface area contributed by atoms with Gasteiger partial charge >= 0.3 is 0 Å². The molecule has 0 atom stereocenters. The third kappa shape index (κ3) is 4.33. The van der Waals surface area contributed by atoms with Crippen molar-refractivity contribution >= 4 is 62.0 Å². The Morgan fingerprint density at radius 2 is 1.82 bits per heavy atom. The van der Waals surface area contributed by atoms with Crippen LogP contribution in [-0.2, 0) is 12.8 Å². The van der Waals surface area contributed by atoms with E-state index in [2.05, 4.69) is 17.4 Å². The molecule has 0 saturated carbocycles. The Morgan fingerprint density at radius 1 is 1.12 bits per heavy atom. The van der Waals surface area contributed by atoms with Gasteiger partial charge in [-0.25, -0.2) is 4.98 Å². The van der Waals surface area contributed by atoms with E-state index in [4.69, 9.17) is 38.7 Å². The Hall–Kier alpha value is -2.80. The van der Waals surface area contributed by atoms with Crippen LogP contribution in [0.5, 0.6) is 5.75 Å². The topological polar surface area (TPSA) is 77.2 Å². The second-order valence-electron chi connectivity index (χ2n) is 8.21. The summed E-state index contributed by atoms with van der Waals surface area (Å²) < 4.78 is 5.62. The maximum atomic E-state index is 13.2. The fourth-order valence-electron chi connectivity index (χ4n) is 4.49. The lowest BCUT2D eigenvalue weighted by atomic mass is 9.87. The highest BCUT2D eigenvalue weighted by Crippen LogP contribution is 2.44. The van der Waals surface area contributed by atoms with Crippen LogP contribution < -0.4 is 15.8 Å². The number of pyridine rings is 1. The van der Waals surface area contributed by atoms with Gasteiger partial charge in [0.2, 0.25) is 0 Å². The Bertz CT molecular complexity index is 1380. The Balaban J connectivity index is 1.63. The molecule has 0 unspecified atom stereocenters. The van der Waals surface area contributed by atoms with Crippen LogP contribution in [0.4, 0.5) is 11.4 Å². The van der Waals surface area contributed by atoms with Crippen LogP contribution in [0.15, 0.2) is 42.5 Å². The molecule has 4 aromatic rings. The number of hydrogen-bond acceptors (Lipinski definition) is 5. The summed E-state index contributed by atoms with van der Waals surface area (Å²) in [6.45, 7) is 2.58. The summed E-state index contributed by atoms with van der Waals surface area (Å²) in [5, 5.41) is 4.59. The van der Waals surface area contributed by atoms with Crippen LogP contribution in [-0.4, -0.2) is 17.5 Å². The van der Waals surface area contributed by atoms with Crippen LogP contribution in [0.25, 0.3) is 21.3 Å². The summed E-state index contributed by atoms with van der Waals surface area (Å²) >= 11 is 13.5. The highest BCUT2D eigenvalue weighted by molar-refractivity contribution is 7.21. The molecule has 0 fully saturated rings. The fourth-order valence-corrected chi connectivity index (χ4v) is 6.04. The van der Waals surface area contributed by atoms with Crippen molar-refractivity contribution in [3.8, 4) is 16.9 Å². The van der Waals surface area contributed by atoms with Gasteiger partial charge in [-0.2, -0.15) is 0 Å². The summed E-state index contributed by atoms with van der Waals surface area (Å²) in [6, 6.07) is 13.0. The van der Waals surface area contributed by atoms with E-state index in [0.29, 0.717) is 32.9 Å². The average Bonchev–Trinajstić information content (AvgIpc) is 3.14. The number of benzene rings is 2. The number of ether oxygens (including phenoxy) is 1. The van der Waals surface area contributed by atoms with E-state index in [1.54, 1.807) is 18.2 Å². The minimum Gasteiger partial charge on any atom is -0.494 e. The first-order chi connectivity index (χ1) is 16.4. The van der Waals surface area contributed by atoms with Gasteiger partial charge in [0.25, 0.3) is 5.91 Å². The van der Waals surface area contributed by atoms with E-state index in [-0.39, 0.29) is 5.91 Å². The molecule has 0 saturated heterocycles. The lowest BCUT2D eigenvalue weighted by Crippen LogP contribution is -2.12. The normalized spacial score (nSPS) is 13.0. The number of thiophene rings is 1. The van der Waals surface area contributed by atoms with Crippen molar-refractivity contribution in [2.24, 2.45) is 0 Å². The molecule has 2 aromatic heterocycles. The van der Waals surface area contributed by atoms with Crippen molar-refractivity contribution in [3.05, 3.63) is 68.6 Å². The predicted molar refractivity (Wildman–Crippen MR) is 142 cm³/mol.